The molecule has 1 aromatic carbocycles. The smallest absolute Gasteiger partial charge is 0.407 e. The number of alkyl carbamates (subject to hydrolysis) is 1. The molecule has 0 aliphatic heterocycles. The third-order valence-electron chi connectivity index (χ3n) is 5.33. The second-order valence-electron chi connectivity index (χ2n) is 7.76. The van der Waals surface area contributed by atoms with Crippen molar-refractivity contribution in [2.75, 3.05) is 13.7 Å². The van der Waals surface area contributed by atoms with E-state index in [0.29, 0.717) is 32.2 Å². The van der Waals surface area contributed by atoms with Crippen LogP contribution in [0.2, 0.25) is 0 Å². The Morgan fingerprint density at radius 1 is 1.13 bits per heavy atom. The van der Waals surface area contributed by atoms with Crippen LogP contribution in [0.1, 0.15) is 56.9 Å². The van der Waals surface area contributed by atoms with Crippen LogP contribution in [-0.2, 0) is 30.5 Å². The number of nitrogens with one attached hydrogen (secondary N) is 2. The van der Waals surface area contributed by atoms with Gasteiger partial charge in [0.05, 0.1) is 7.11 Å². The van der Waals surface area contributed by atoms with E-state index >= 15 is 0 Å². The largest absolute Gasteiger partial charge is 0.467 e. The van der Waals surface area contributed by atoms with E-state index in [0.717, 1.165) is 24.8 Å². The Bertz CT molecular complexity index is 737. The fourth-order valence-corrected chi connectivity index (χ4v) is 3.64. The van der Waals surface area contributed by atoms with Gasteiger partial charge in [0, 0.05) is 25.8 Å². The number of benzene rings is 1. The van der Waals surface area contributed by atoms with Crippen molar-refractivity contribution in [3.8, 4) is 0 Å². The SMILES string of the molecule is COC(=O)[C@H](NC(=O)CCCCCNC(=O)OCc1ccccc1)[C@H]1CCCC(=O)C1. The predicted octanol–water partition coefficient (Wildman–Crippen LogP) is 2.89. The Morgan fingerprint density at radius 2 is 1.90 bits per heavy atom. The highest BCUT2D eigenvalue weighted by Crippen LogP contribution is 2.25. The van der Waals surface area contributed by atoms with Crippen LogP contribution in [0, 0.1) is 5.92 Å². The van der Waals surface area contributed by atoms with E-state index in [4.69, 9.17) is 9.47 Å². The molecule has 0 saturated heterocycles. The summed E-state index contributed by atoms with van der Waals surface area (Å²) in [6, 6.07) is 8.66. The van der Waals surface area contributed by atoms with Crippen molar-refractivity contribution < 1.29 is 28.7 Å². The molecule has 1 aromatic rings. The summed E-state index contributed by atoms with van der Waals surface area (Å²) in [5, 5.41) is 5.43. The van der Waals surface area contributed by atoms with Crippen LogP contribution in [0.4, 0.5) is 4.79 Å². The normalized spacial score (nSPS) is 16.8. The van der Waals surface area contributed by atoms with Crippen molar-refractivity contribution in [3.63, 3.8) is 0 Å². The number of Topliss-reactive ketones (excluding diaryl/α,β-unsaturated/α-hetero) is 1. The van der Waals surface area contributed by atoms with E-state index in [2.05, 4.69) is 10.6 Å². The van der Waals surface area contributed by atoms with Crippen LogP contribution in [0.3, 0.4) is 0 Å². The van der Waals surface area contributed by atoms with Crippen LogP contribution in [-0.4, -0.2) is 43.4 Å². The first-order valence-corrected chi connectivity index (χ1v) is 10.8. The highest BCUT2D eigenvalue weighted by Gasteiger charge is 2.33. The number of unbranched alkanes of at least 4 members (excludes halogenated alkanes) is 2. The molecule has 8 heteroatoms. The second-order valence-corrected chi connectivity index (χ2v) is 7.76. The molecule has 170 valence electrons. The molecule has 0 aromatic heterocycles. The quantitative estimate of drug-likeness (QED) is 0.411. The minimum atomic E-state index is -0.775. The lowest BCUT2D eigenvalue weighted by molar-refractivity contribution is -0.147. The molecule has 2 atom stereocenters. The van der Waals surface area contributed by atoms with Gasteiger partial charge in [-0.25, -0.2) is 9.59 Å². The van der Waals surface area contributed by atoms with Crippen molar-refractivity contribution in [3.05, 3.63) is 35.9 Å². The average molecular weight is 433 g/mol. The maximum absolute atomic E-state index is 12.3. The number of amides is 2. The molecule has 2 N–H and O–H groups in total. The highest BCUT2D eigenvalue weighted by molar-refractivity contribution is 5.86. The summed E-state index contributed by atoms with van der Waals surface area (Å²) in [5.74, 6) is -0.826. The van der Waals surface area contributed by atoms with Gasteiger partial charge in [-0.2, -0.15) is 0 Å². The third-order valence-corrected chi connectivity index (χ3v) is 5.33. The van der Waals surface area contributed by atoms with Crippen molar-refractivity contribution in [1.29, 1.82) is 0 Å². The van der Waals surface area contributed by atoms with Gasteiger partial charge >= 0.3 is 12.1 Å². The van der Waals surface area contributed by atoms with Crippen molar-refractivity contribution in [2.24, 2.45) is 5.92 Å². The number of hydrogen-bond donors (Lipinski definition) is 2. The second kappa shape index (κ2) is 13.4. The summed E-state index contributed by atoms with van der Waals surface area (Å²) in [4.78, 5) is 47.7. The van der Waals surface area contributed by atoms with Gasteiger partial charge in [0.15, 0.2) is 0 Å². The maximum atomic E-state index is 12.3. The van der Waals surface area contributed by atoms with Crippen molar-refractivity contribution in [2.45, 2.75) is 64.0 Å². The Kier molecular flexibility index (Phi) is 10.5. The van der Waals surface area contributed by atoms with Gasteiger partial charge in [0.25, 0.3) is 0 Å². The summed E-state index contributed by atoms with van der Waals surface area (Å²) in [5.41, 5.74) is 0.923. The number of rotatable bonds is 11. The fraction of sp³-hybridized carbons (Fsp3) is 0.565. The molecule has 1 aliphatic carbocycles. The molecular formula is C23H32N2O6. The highest BCUT2D eigenvalue weighted by atomic mass is 16.5. The van der Waals surface area contributed by atoms with E-state index in [9.17, 15) is 19.2 Å². The van der Waals surface area contributed by atoms with Gasteiger partial charge in [-0.3, -0.25) is 9.59 Å². The minimum Gasteiger partial charge on any atom is -0.467 e. The lowest BCUT2D eigenvalue weighted by atomic mass is 9.83. The van der Waals surface area contributed by atoms with E-state index in [1.54, 1.807) is 0 Å². The lowest BCUT2D eigenvalue weighted by Gasteiger charge is -2.28. The molecule has 8 nitrogen and oxygen atoms in total. The summed E-state index contributed by atoms with van der Waals surface area (Å²) in [7, 11) is 1.28. The summed E-state index contributed by atoms with van der Waals surface area (Å²) < 4.78 is 9.95. The monoisotopic (exact) mass is 432 g/mol. The zero-order valence-corrected chi connectivity index (χ0v) is 18.1. The standard InChI is InChI=1S/C23H32N2O6/c1-30-22(28)21(18-11-8-12-19(26)15-18)25-20(27)13-6-3-7-14-24-23(29)31-16-17-9-4-2-5-10-17/h2,4-5,9-10,18,21H,3,6-8,11-16H2,1H3,(H,24,29)(H,25,27)/t18-,21+/m0/s1. The first kappa shape index (κ1) is 24.4. The molecule has 0 radical (unpaired) electrons. The molecule has 1 aliphatic rings. The van der Waals surface area contributed by atoms with Gasteiger partial charge in [-0.15, -0.1) is 0 Å². The van der Waals surface area contributed by atoms with E-state index in [1.807, 2.05) is 30.3 Å². The molecule has 1 fully saturated rings. The first-order valence-electron chi connectivity index (χ1n) is 10.8. The topological polar surface area (TPSA) is 111 Å². The van der Waals surface area contributed by atoms with Crippen LogP contribution >= 0.6 is 0 Å². The van der Waals surface area contributed by atoms with Gasteiger partial charge in [-0.1, -0.05) is 36.8 Å². The molecule has 2 rings (SSSR count). The van der Waals surface area contributed by atoms with Crippen molar-refractivity contribution in [1.82, 2.24) is 10.6 Å². The van der Waals surface area contributed by atoms with Crippen LogP contribution in [0.15, 0.2) is 30.3 Å². The minimum absolute atomic E-state index is 0.120. The number of hydrogen-bond acceptors (Lipinski definition) is 6. The molecule has 0 unspecified atom stereocenters. The molecular weight excluding hydrogens is 400 g/mol. The Balaban J connectivity index is 1.59. The van der Waals surface area contributed by atoms with Crippen LogP contribution in [0.25, 0.3) is 0 Å². The zero-order valence-electron chi connectivity index (χ0n) is 18.1. The Hall–Kier alpha value is -2.90. The number of esters is 1. The van der Waals surface area contributed by atoms with Crippen molar-refractivity contribution >= 4 is 23.8 Å². The summed E-state index contributed by atoms with van der Waals surface area (Å²) >= 11 is 0. The number of methoxy groups -OCH3 is 1. The van der Waals surface area contributed by atoms with Crippen LogP contribution < -0.4 is 10.6 Å². The van der Waals surface area contributed by atoms with E-state index in [1.165, 1.54) is 7.11 Å². The van der Waals surface area contributed by atoms with Crippen LogP contribution in [0.5, 0.6) is 0 Å². The molecule has 0 bridgehead atoms. The molecule has 0 heterocycles. The molecule has 1 saturated carbocycles. The number of ether oxygens (including phenoxy) is 2. The van der Waals surface area contributed by atoms with Gasteiger partial charge in [-0.05, 0) is 37.2 Å². The summed E-state index contributed by atoms with van der Waals surface area (Å²) in [6.45, 7) is 0.686. The number of carbonyl (C=O) groups is 4. The van der Waals surface area contributed by atoms with E-state index in [-0.39, 0.29) is 30.6 Å². The Labute approximate surface area is 183 Å². The molecule has 2 amide bonds. The molecule has 0 spiro atoms. The van der Waals surface area contributed by atoms with Gasteiger partial charge in [0.2, 0.25) is 5.91 Å². The first-order chi connectivity index (χ1) is 15.0. The fourth-order valence-electron chi connectivity index (χ4n) is 3.64. The lowest BCUT2D eigenvalue weighted by Crippen LogP contribution is -2.47. The van der Waals surface area contributed by atoms with E-state index < -0.39 is 18.1 Å². The van der Waals surface area contributed by atoms with Gasteiger partial charge in [0.1, 0.15) is 18.4 Å². The summed E-state index contributed by atoms with van der Waals surface area (Å²) in [6.07, 6.45) is 4.17. The maximum Gasteiger partial charge on any atom is 0.407 e. The zero-order chi connectivity index (χ0) is 22.5. The number of carbonyl (C=O) groups excluding carboxylic acids is 4. The predicted molar refractivity (Wildman–Crippen MR) is 114 cm³/mol. The average Bonchev–Trinajstić information content (AvgIpc) is 2.78. The van der Waals surface area contributed by atoms with Gasteiger partial charge < -0.3 is 20.1 Å². The number of ketones is 1. The molecule has 31 heavy (non-hydrogen) atoms. The third kappa shape index (κ3) is 9.19. The Morgan fingerprint density at radius 3 is 2.61 bits per heavy atom.